The third-order valence-electron chi connectivity index (χ3n) is 24.6. The predicted molar refractivity (Wildman–Crippen MR) is 458 cm³/mol. The normalized spacial score (nSPS) is 29.1. The Hall–Kier alpha value is -11.2. The zero-order valence-electron chi connectivity index (χ0n) is 71.1. The maximum absolute atomic E-state index is 17.2. The number of hydrogen-bond acceptors (Lipinski definition) is 33. The fourth-order valence-electron chi connectivity index (χ4n) is 17.5. The molecule has 4 unspecified atom stereocenters. The van der Waals surface area contributed by atoms with Crippen LogP contribution in [0.1, 0.15) is 160 Å². The van der Waals surface area contributed by atoms with Gasteiger partial charge in [0.15, 0.2) is 46.9 Å². The number of carboxylic acid groups (broad SMARTS) is 1. The summed E-state index contributed by atoms with van der Waals surface area (Å²) in [6.45, 7) is 2.09. The molecule has 706 valence electrons. The van der Waals surface area contributed by atoms with Crippen molar-refractivity contribution in [3.05, 3.63) is 164 Å². The number of phenolic OH excluding ortho intramolecular Hbond substituents is 4. The van der Waals surface area contributed by atoms with Gasteiger partial charge in [0.2, 0.25) is 42.0 Å². The largest absolute Gasteiger partial charge is 0.508 e. The second kappa shape index (κ2) is 41.1. The number of hydrogen-bond donors (Lipinski definition) is 20. The highest BCUT2D eigenvalue weighted by molar-refractivity contribution is 6.32. The molecule has 3 fully saturated rings. The topological polar surface area (TPSA) is 614 Å². The van der Waals surface area contributed by atoms with Gasteiger partial charge in [-0.15, -0.1) is 0 Å². The highest BCUT2D eigenvalue weighted by Crippen LogP contribution is 2.52. The van der Waals surface area contributed by atoms with Crippen molar-refractivity contribution in [1.82, 2.24) is 21.3 Å². The van der Waals surface area contributed by atoms with Gasteiger partial charge in [-0.25, -0.2) is 4.79 Å². The van der Waals surface area contributed by atoms with Gasteiger partial charge in [0, 0.05) is 73.8 Å². The van der Waals surface area contributed by atoms with E-state index in [9.17, 15) is 95.8 Å². The lowest BCUT2D eigenvalue weighted by atomic mass is 9.82. The molecule has 0 saturated carbocycles. The van der Waals surface area contributed by atoms with Crippen molar-refractivity contribution in [3.8, 4) is 80.1 Å². The summed E-state index contributed by atoms with van der Waals surface area (Å²) in [6, 6.07) is 10.7. The molecule has 9 aliphatic heterocycles. The van der Waals surface area contributed by atoms with Gasteiger partial charge in [0.05, 0.1) is 59.8 Å². The van der Waals surface area contributed by atoms with Crippen LogP contribution in [-0.2, 0) is 68.5 Å². The first-order chi connectivity index (χ1) is 62.9. The average molecular weight is 1880 g/mol. The van der Waals surface area contributed by atoms with Crippen molar-refractivity contribution >= 4 is 75.9 Å². The molecule has 4 amide bonds. The molecular weight excluding hydrogens is 1770 g/mol. The van der Waals surface area contributed by atoms with E-state index in [4.69, 9.17) is 71.6 Å². The van der Waals surface area contributed by atoms with Gasteiger partial charge in [-0.1, -0.05) is 87.0 Å². The molecule has 17 bridgehead atoms. The number of aliphatic hydroxyl groups excluding tert-OH is 10. The van der Waals surface area contributed by atoms with E-state index < -0.39 is 323 Å². The lowest BCUT2D eigenvalue weighted by Gasteiger charge is -2.44. The van der Waals surface area contributed by atoms with Crippen LogP contribution in [0.3, 0.4) is 0 Å². The van der Waals surface area contributed by atoms with E-state index in [1.165, 1.54) is 42.5 Å². The predicted octanol–water partition coefficient (Wildman–Crippen LogP) is 4.97. The van der Waals surface area contributed by atoms with E-state index >= 15 is 24.0 Å². The Labute approximate surface area is 763 Å². The van der Waals surface area contributed by atoms with Crippen LogP contribution in [0.4, 0.5) is 0 Å². The monoisotopic (exact) mass is 1870 g/mol. The van der Waals surface area contributed by atoms with Gasteiger partial charge in [0.1, 0.15) is 131 Å². The molecule has 9 heterocycles. The zero-order chi connectivity index (χ0) is 94.9. The highest BCUT2D eigenvalue weighted by atomic mass is 35.5. The summed E-state index contributed by atoms with van der Waals surface area (Å²) in [5.74, 6) is -23.8. The standard InChI is InChI=1S/C92H101Cl2N5O33/c1-37(2)8-6-4-5-7-9-46(104)29-54-77(112)78(113)68(34-100)128-90(54)132-85-66-26-45-27-67(85)126-63-17-13-42(23-56(63)94)84(131-91-75(96-38(3)103)81(116)79(114)69(35-101)129-91)76-88(121)98-74(89(122)123)53-30-48(106)31-65(127-92-83(118)82(117)80(115)70(36-102)130-92)71(53)52-22-40(11-14-57(52)107)50(86(119)99-76)33-61(111)73(45)97-87(120)51-32-59(109)44(18-39-10-16-62(125-66)55(93)19-39)24-60(110)72(95)41-12-15-58(108)64(25-41)124-49-21-43(51)20-47(105)28-49/h10-17,19-23,25-28,30-31,37,44,50-51,54,68-70,72-84,90-92,100-102,105-108,112-118H,4-9,18,24,29,32-36,95H2,1-3H3,(H,96,103)(H,97,120)(H,98,121)(H,99,119)(H,122,123)/t44?,50-,51+,54-,68-,69-,70-,72-,73-,74-,75-,76+,77-,78-,79-,80-,81-,82+,83+,84?,90?,91+,92?/m1/s1. The van der Waals surface area contributed by atoms with Crippen molar-refractivity contribution in [1.29, 1.82) is 0 Å². The molecule has 21 N–H and O–H groups in total. The number of ketones is 4. The Balaban J connectivity index is 1.04. The maximum atomic E-state index is 17.2. The number of phenols is 4. The number of nitrogens with two attached hydrogens (primary N) is 1. The molecule has 3 saturated heterocycles. The van der Waals surface area contributed by atoms with Crippen LogP contribution in [0.2, 0.25) is 10.0 Å². The van der Waals surface area contributed by atoms with Crippen molar-refractivity contribution in [3.63, 3.8) is 0 Å². The first-order valence-electron chi connectivity index (χ1n) is 42.8. The van der Waals surface area contributed by atoms with Gasteiger partial charge in [0.25, 0.3) is 0 Å². The number of fused-ring (bicyclic) bond motifs is 14. The van der Waals surface area contributed by atoms with E-state index in [1.54, 1.807) is 0 Å². The van der Waals surface area contributed by atoms with E-state index in [0.717, 1.165) is 99.0 Å². The summed E-state index contributed by atoms with van der Waals surface area (Å²) < 4.78 is 57.9. The Bertz CT molecular complexity index is 5550. The summed E-state index contributed by atoms with van der Waals surface area (Å²) in [4.78, 5) is 139. The third-order valence-corrected chi connectivity index (χ3v) is 25.2. The number of carbonyl (C=O) groups is 9. The molecule has 7 aromatic carbocycles. The van der Waals surface area contributed by atoms with Crippen molar-refractivity contribution in [2.75, 3.05) is 19.8 Å². The first-order valence-corrected chi connectivity index (χ1v) is 43.6. The number of nitrogens with one attached hydrogen (secondary N) is 4. The average Bonchev–Trinajstić information content (AvgIpc) is 0.748. The molecule has 132 heavy (non-hydrogen) atoms. The SMILES string of the molecule is CC(=O)N[C@H]1[C@H](OC2c3ccc(c(Cl)c3)Oc3cc4cc(c3OC3O[C@H](CO)[C@@H](O)[C@H](O)[C@H]3CC(=O)CCCCCCC(C)C)Oc3ccc(cc3Cl)CC3CC(=O)[C@H](N)c5ccc(O)c(c5)Oc5cc(O)cc(c5)[C@H](CC3=O)C(=O)N[C@H]4C(=O)C[C@H]3C(=O)N[C@@H]2C(=O)N[C@@H](C(=O)O)c2cc(O)cc(OC4O[C@H](CO)[C@@H](O)[C@H](O)[C@@H]4O)c2-c2cc3ccc2O)O[C@H](CO)[C@@H](O)[C@@H]1O. The van der Waals surface area contributed by atoms with Crippen LogP contribution in [0.15, 0.2) is 115 Å². The van der Waals surface area contributed by atoms with E-state index in [1.807, 2.05) is 0 Å². The van der Waals surface area contributed by atoms with Gasteiger partial charge in [-0.2, -0.15) is 0 Å². The van der Waals surface area contributed by atoms with E-state index in [-0.39, 0.29) is 57.4 Å². The number of aromatic hydroxyl groups is 4. The molecule has 7 aromatic rings. The number of aliphatic hydroxyl groups is 10. The van der Waals surface area contributed by atoms with Crippen LogP contribution in [0.25, 0.3) is 11.1 Å². The molecule has 38 nitrogen and oxygen atoms in total. The van der Waals surface area contributed by atoms with Crippen LogP contribution >= 0.6 is 23.2 Å². The summed E-state index contributed by atoms with van der Waals surface area (Å²) in [7, 11) is 0. The minimum absolute atomic E-state index is 0.0183. The number of Topliss-reactive ketones (excluding diaryl/α,β-unsaturated/α-hetero) is 4. The number of carbonyl (C=O) groups excluding carboxylic acids is 8. The molecule has 0 radical (unpaired) electrons. The zero-order valence-corrected chi connectivity index (χ0v) is 72.6. The van der Waals surface area contributed by atoms with Gasteiger partial charge in [-0.05, 0) is 131 Å². The Morgan fingerprint density at radius 3 is 1.80 bits per heavy atom. The molecular formula is C92H101Cl2N5O33. The molecule has 0 aliphatic carbocycles. The number of aliphatic carboxylic acids is 1. The van der Waals surface area contributed by atoms with Crippen molar-refractivity contribution in [2.24, 2.45) is 23.5 Å². The molecule has 0 aromatic heterocycles. The lowest BCUT2D eigenvalue weighted by molar-refractivity contribution is -0.284. The van der Waals surface area contributed by atoms with Crippen molar-refractivity contribution in [2.45, 2.75) is 219 Å². The summed E-state index contributed by atoms with van der Waals surface area (Å²) >= 11 is 14.8. The van der Waals surface area contributed by atoms with Crippen LogP contribution in [-0.4, -0.2) is 241 Å². The first kappa shape index (κ1) is 96.8. The number of halogens is 2. The molecule has 23 atom stereocenters. The number of carboxylic acids is 1. The maximum Gasteiger partial charge on any atom is 0.330 e. The summed E-state index contributed by atoms with van der Waals surface area (Å²) in [6.07, 6.45) is -28.1. The summed E-state index contributed by atoms with van der Waals surface area (Å²) in [5, 5.41) is 181. The molecule has 16 rings (SSSR count). The van der Waals surface area contributed by atoms with Crippen LogP contribution < -0.4 is 50.7 Å². The smallest absolute Gasteiger partial charge is 0.330 e. The number of benzene rings is 7. The second-order valence-corrected chi connectivity index (χ2v) is 35.2. The van der Waals surface area contributed by atoms with Crippen LogP contribution in [0.5, 0.6) is 69.0 Å². The Morgan fingerprint density at radius 1 is 0.530 bits per heavy atom. The lowest BCUT2D eigenvalue weighted by Crippen LogP contribution is -2.65. The summed E-state index contributed by atoms with van der Waals surface area (Å²) in [5.41, 5.74) is 3.68. The fraction of sp³-hybridized carbons (Fsp3) is 0.446. The Morgan fingerprint density at radius 2 is 1.13 bits per heavy atom. The molecule has 40 heteroatoms. The number of amides is 4. The second-order valence-electron chi connectivity index (χ2n) is 34.4. The van der Waals surface area contributed by atoms with E-state index in [2.05, 4.69) is 35.1 Å². The van der Waals surface area contributed by atoms with Crippen LogP contribution in [0, 0.1) is 17.8 Å². The quantitative estimate of drug-likeness (QED) is 0.0448. The fourth-order valence-corrected chi connectivity index (χ4v) is 18.0. The minimum atomic E-state index is -2.55. The number of ether oxygens (including phenoxy) is 9. The molecule has 0 spiro atoms. The van der Waals surface area contributed by atoms with Crippen molar-refractivity contribution < 1.29 is 162 Å². The molecule has 9 aliphatic rings. The number of rotatable bonds is 20. The van der Waals surface area contributed by atoms with Gasteiger partial charge >= 0.3 is 5.97 Å². The van der Waals surface area contributed by atoms with Gasteiger partial charge < -0.3 is 146 Å². The van der Waals surface area contributed by atoms with E-state index in [0.29, 0.717) is 18.8 Å². The third kappa shape index (κ3) is 21.0. The number of unbranched alkanes of at least 4 members (excludes halogenated alkanes) is 3. The van der Waals surface area contributed by atoms with Gasteiger partial charge in [-0.3, -0.25) is 38.4 Å². The Kier molecular flexibility index (Phi) is 30.1. The minimum Gasteiger partial charge on any atom is -0.508 e. The highest BCUT2D eigenvalue weighted by Gasteiger charge is 2.52.